The van der Waals surface area contributed by atoms with Gasteiger partial charge in [0, 0.05) is 36.1 Å². The summed E-state index contributed by atoms with van der Waals surface area (Å²) in [5.41, 5.74) is 1.78. The lowest BCUT2D eigenvalue weighted by atomic mass is 10.1. The molecule has 0 aliphatic carbocycles. The Labute approximate surface area is 124 Å². The summed E-state index contributed by atoms with van der Waals surface area (Å²) in [7, 11) is 0. The average Bonchev–Trinajstić information content (AvgIpc) is 2.88. The highest BCUT2D eigenvalue weighted by Crippen LogP contribution is 2.22. The normalized spacial score (nSPS) is 18.2. The Kier molecular flexibility index (Phi) is 5.12. The third-order valence-electron chi connectivity index (χ3n) is 4.17. The Morgan fingerprint density at radius 1 is 1.48 bits per heavy atom. The maximum atomic E-state index is 12.5. The number of aliphatic hydroxyl groups excluding tert-OH is 1. The van der Waals surface area contributed by atoms with Gasteiger partial charge >= 0.3 is 5.69 Å². The highest BCUT2D eigenvalue weighted by atomic mass is 16.3. The quantitative estimate of drug-likeness (QED) is 0.836. The number of aliphatic hydroxyl groups is 1. The molecular weight excluding hydrogens is 270 g/mol. The number of hydrogen-bond donors (Lipinski definition) is 2. The van der Waals surface area contributed by atoms with E-state index in [1.165, 1.54) is 0 Å². The first kappa shape index (κ1) is 15.7. The van der Waals surface area contributed by atoms with Gasteiger partial charge < -0.3 is 15.0 Å². The fourth-order valence-corrected chi connectivity index (χ4v) is 3.06. The summed E-state index contributed by atoms with van der Waals surface area (Å²) in [6.45, 7) is 4.51. The fourth-order valence-electron chi connectivity index (χ4n) is 3.06. The van der Waals surface area contributed by atoms with Crippen molar-refractivity contribution in [3.05, 3.63) is 27.4 Å². The number of nitrogens with zero attached hydrogens (tertiary/aromatic N) is 2. The lowest BCUT2D eigenvalue weighted by molar-refractivity contribution is -0.131. The molecule has 2 N–H and O–H groups in total. The minimum atomic E-state index is -0.372. The van der Waals surface area contributed by atoms with Crippen molar-refractivity contribution in [2.24, 2.45) is 0 Å². The van der Waals surface area contributed by atoms with Gasteiger partial charge in [-0.3, -0.25) is 4.79 Å². The average molecular weight is 293 g/mol. The molecule has 1 saturated heterocycles. The number of aromatic amines is 1. The molecule has 1 fully saturated rings. The number of carbonyl (C=O) groups is 1. The van der Waals surface area contributed by atoms with E-state index in [0.29, 0.717) is 11.4 Å². The molecule has 0 bridgehead atoms. The van der Waals surface area contributed by atoms with Gasteiger partial charge in [0.15, 0.2) is 0 Å². The van der Waals surface area contributed by atoms with E-state index < -0.39 is 0 Å². The zero-order chi connectivity index (χ0) is 15.4. The standard InChI is InChI=1S/C15H23N3O3/c1-10-13(11(2)17-15(21)16-10)9-14(20)18-7-3-5-12(18)6-4-8-19/h12,19H,3-9H2,1-2H3,(H,16,17,21). The van der Waals surface area contributed by atoms with Crippen LogP contribution in [0.25, 0.3) is 0 Å². The molecule has 1 aliphatic rings. The predicted octanol–water partition coefficient (Wildman–Crippen LogP) is 0.693. The molecule has 1 aromatic rings. The first-order valence-corrected chi connectivity index (χ1v) is 7.49. The van der Waals surface area contributed by atoms with Crippen LogP contribution in [-0.4, -0.2) is 45.1 Å². The van der Waals surface area contributed by atoms with Crippen molar-refractivity contribution in [2.75, 3.05) is 13.2 Å². The van der Waals surface area contributed by atoms with E-state index in [9.17, 15) is 9.59 Å². The Hall–Kier alpha value is -1.69. The highest BCUT2D eigenvalue weighted by molar-refractivity contribution is 5.79. The number of nitrogens with one attached hydrogen (secondary N) is 1. The van der Waals surface area contributed by atoms with Crippen LogP contribution < -0.4 is 5.69 Å². The fraction of sp³-hybridized carbons (Fsp3) is 0.667. The molecule has 1 aliphatic heterocycles. The summed E-state index contributed by atoms with van der Waals surface area (Å²) in [4.78, 5) is 32.2. The largest absolute Gasteiger partial charge is 0.396 e. The van der Waals surface area contributed by atoms with Gasteiger partial charge in [-0.15, -0.1) is 0 Å². The molecule has 6 heteroatoms. The number of H-pyrrole nitrogens is 1. The summed E-state index contributed by atoms with van der Waals surface area (Å²) < 4.78 is 0. The lowest BCUT2D eigenvalue weighted by Gasteiger charge is -2.25. The van der Waals surface area contributed by atoms with Crippen LogP contribution in [0.1, 0.15) is 42.6 Å². The second kappa shape index (κ2) is 6.85. The van der Waals surface area contributed by atoms with Gasteiger partial charge in [-0.1, -0.05) is 0 Å². The van der Waals surface area contributed by atoms with Crippen LogP contribution in [-0.2, 0) is 11.2 Å². The molecule has 21 heavy (non-hydrogen) atoms. The minimum absolute atomic E-state index is 0.0792. The van der Waals surface area contributed by atoms with Crippen molar-refractivity contribution < 1.29 is 9.90 Å². The van der Waals surface area contributed by atoms with E-state index in [1.54, 1.807) is 13.8 Å². The van der Waals surface area contributed by atoms with E-state index in [0.717, 1.165) is 37.8 Å². The van der Waals surface area contributed by atoms with E-state index >= 15 is 0 Å². The second-order valence-corrected chi connectivity index (χ2v) is 5.66. The molecule has 0 spiro atoms. The Bertz CT molecular complexity index is 542. The Morgan fingerprint density at radius 3 is 2.90 bits per heavy atom. The van der Waals surface area contributed by atoms with Crippen molar-refractivity contribution in [3.8, 4) is 0 Å². The van der Waals surface area contributed by atoms with Crippen molar-refractivity contribution in [1.29, 1.82) is 0 Å². The Morgan fingerprint density at radius 2 is 2.24 bits per heavy atom. The van der Waals surface area contributed by atoms with Crippen LogP contribution in [0, 0.1) is 13.8 Å². The van der Waals surface area contributed by atoms with Crippen LogP contribution in [0.2, 0.25) is 0 Å². The molecule has 2 rings (SSSR count). The van der Waals surface area contributed by atoms with Gasteiger partial charge in [-0.2, -0.15) is 4.98 Å². The molecule has 2 heterocycles. The topological polar surface area (TPSA) is 86.3 Å². The van der Waals surface area contributed by atoms with E-state index in [4.69, 9.17) is 5.11 Å². The van der Waals surface area contributed by atoms with E-state index in [-0.39, 0.29) is 30.7 Å². The number of aromatic nitrogens is 2. The maximum Gasteiger partial charge on any atom is 0.345 e. The number of hydrogen-bond acceptors (Lipinski definition) is 4. The molecule has 1 amide bonds. The molecule has 0 saturated carbocycles. The van der Waals surface area contributed by atoms with Crippen LogP contribution in [0.5, 0.6) is 0 Å². The molecule has 1 atom stereocenters. The summed E-state index contributed by atoms with van der Waals surface area (Å²) in [6.07, 6.45) is 3.88. The smallest absolute Gasteiger partial charge is 0.345 e. The van der Waals surface area contributed by atoms with Crippen LogP contribution in [0.3, 0.4) is 0 Å². The van der Waals surface area contributed by atoms with Gasteiger partial charge in [0.05, 0.1) is 6.42 Å². The van der Waals surface area contributed by atoms with Crippen LogP contribution in [0.4, 0.5) is 0 Å². The van der Waals surface area contributed by atoms with Gasteiger partial charge in [-0.25, -0.2) is 4.79 Å². The zero-order valence-corrected chi connectivity index (χ0v) is 12.7. The molecule has 1 aromatic heterocycles. The van der Waals surface area contributed by atoms with Crippen molar-refractivity contribution in [1.82, 2.24) is 14.9 Å². The summed E-state index contributed by atoms with van der Waals surface area (Å²) in [6, 6.07) is 0.237. The van der Waals surface area contributed by atoms with E-state index in [1.807, 2.05) is 4.90 Å². The van der Waals surface area contributed by atoms with Crippen LogP contribution >= 0.6 is 0 Å². The molecule has 116 valence electrons. The highest BCUT2D eigenvalue weighted by Gasteiger charge is 2.28. The zero-order valence-electron chi connectivity index (χ0n) is 12.7. The van der Waals surface area contributed by atoms with Crippen molar-refractivity contribution in [3.63, 3.8) is 0 Å². The van der Waals surface area contributed by atoms with Crippen molar-refractivity contribution >= 4 is 5.91 Å². The molecule has 0 aromatic carbocycles. The van der Waals surface area contributed by atoms with Gasteiger partial charge in [0.2, 0.25) is 5.91 Å². The summed E-state index contributed by atoms with van der Waals surface area (Å²) >= 11 is 0. The number of amides is 1. The number of aryl methyl sites for hydroxylation is 2. The van der Waals surface area contributed by atoms with Crippen molar-refractivity contribution in [2.45, 2.75) is 52.0 Å². The molecular formula is C15H23N3O3. The first-order valence-electron chi connectivity index (χ1n) is 7.49. The third kappa shape index (κ3) is 3.69. The van der Waals surface area contributed by atoms with Gasteiger partial charge in [0.25, 0.3) is 0 Å². The third-order valence-corrected chi connectivity index (χ3v) is 4.17. The van der Waals surface area contributed by atoms with Crippen LogP contribution in [0.15, 0.2) is 4.79 Å². The van der Waals surface area contributed by atoms with E-state index in [2.05, 4.69) is 9.97 Å². The maximum absolute atomic E-state index is 12.5. The number of carbonyl (C=O) groups excluding carboxylic acids is 1. The SMILES string of the molecule is Cc1nc(=O)[nH]c(C)c1CC(=O)N1CCCC1CCCO. The second-order valence-electron chi connectivity index (χ2n) is 5.66. The first-order chi connectivity index (χ1) is 10.0. The minimum Gasteiger partial charge on any atom is -0.396 e. The molecule has 0 radical (unpaired) electrons. The van der Waals surface area contributed by atoms with Gasteiger partial charge in [0.1, 0.15) is 0 Å². The predicted molar refractivity (Wildman–Crippen MR) is 79.1 cm³/mol. The number of rotatable bonds is 5. The number of likely N-dealkylation sites (tertiary alicyclic amines) is 1. The molecule has 6 nitrogen and oxygen atoms in total. The monoisotopic (exact) mass is 293 g/mol. The van der Waals surface area contributed by atoms with Gasteiger partial charge in [-0.05, 0) is 39.5 Å². The summed E-state index contributed by atoms with van der Waals surface area (Å²) in [5.74, 6) is 0.0792. The summed E-state index contributed by atoms with van der Waals surface area (Å²) in [5, 5.41) is 8.94. The lowest BCUT2D eigenvalue weighted by Crippen LogP contribution is -2.37. The Balaban J connectivity index is 2.09. The molecule has 1 unspecified atom stereocenters.